The Balaban J connectivity index is 1.76. The lowest BCUT2D eigenvalue weighted by Crippen LogP contribution is -2.76. The molecule has 2 aliphatic heterocycles. The molecule has 0 aromatic carbocycles. The second-order valence-electron chi connectivity index (χ2n) is 10.3. The first-order chi connectivity index (χ1) is 18.2. The number of carboxylic acids is 1. The predicted octanol–water partition coefficient (Wildman–Crippen LogP) is 2.56. The van der Waals surface area contributed by atoms with Gasteiger partial charge in [-0.15, -0.1) is 0 Å². The summed E-state index contributed by atoms with van der Waals surface area (Å²) in [6, 6.07) is -1.53. The van der Waals surface area contributed by atoms with Gasteiger partial charge in [0.25, 0.3) is 0 Å². The fourth-order valence-electron chi connectivity index (χ4n) is 5.46. The van der Waals surface area contributed by atoms with Crippen molar-refractivity contribution in [1.29, 1.82) is 0 Å². The summed E-state index contributed by atoms with van der Waals surface area (Å²) < 4.78 is 5.65. The Morgan fingerprint density at radius 1 is 1.13 bits per heavy atom. The first-order valence-electron chi connectivity index (χ1n) is 13.8. The van der Waals surface area contributed by atoms with Gasteiger partial charge in [-0.2, -0.15) is 0 Å². The molecule has 3 aliphatic rings. The van der Waals surface area contributed by atoms with Gasteiger partial charge in [0.15, 0.2) is 0 Å². The third-order valence-electron chi connectivity index (χ3n) is 7.36. The average molecular weight is 534 g/mol. The van der Waals surface area contributed by atoms with Crippen LogP contribution in [0, 0.1) is 5.92 Å². The number of unbranched alkanes of at least 4 members (excludes halogenated alkanes) is 4. The second-order valence-corrected chi connectivity index (χ2v) is 10.3. The molecule has 3 atom stereocenters. The molecule has 0 spiro atoms. The molecule has 0 aromatic heterocycles. The van der Waals surface area contributed by atoms with Gasteiger partial charge in [-0.1, -0.05) is 51.2 Å². The third kappa shape index (κ3) is 7.06. The van der Waals surface area contributed by atoms with Gasteiger partial charge in [-0.25, -0.2) is 14.8 Å². The number of hydrazine groups is 1. The summed E-state index contributed by atoms with van der Waals surface area (Å²) in [5.74, 6) is -0.743. The van der Waals surface area contributed by atoms with E-state index in [9.17, 15) is 24.3 Å². The number of aliphatic carboxylic acids is 1. The zero-order valence-corrected chi connectivity index (χ0v) is 23.1. The van der Waals surface area contributed by atoms with E-state index in [1.165, 1.54) is 9.91 Å². The number of carbonyl (C=O) groups is 4. The van der Waals surface area contributed by atoms with Gasteiger partial charge in [0.2, 0.25) is 11.8 Å². The van der Waals surface area contributed by atoms with E-state index in [0.717, 1.165) is 49.9 Å². The molecule has 212 valence electrons. The number of hydrogen-bond donors (Lipinski definition) is 2. The monoisotopic (exact) mass is 533 g/mol. The quantitative estimate of drug-likeness (QED) is 0.370. The number of allylic oxidation sites excluding steroid dienone is 3. The van der Waals surface area contributed by atoms with Crippen LogP contribution in [0.3, 0.4) is 0 Å². The molecule has 11 nitrogen and oxygen atoms in total. The number of amides is 4. The molecule has 4 amide bonds. The summed E-state index contributed by atoms with van der Waals surface area (Å²) in [4.78, 5) is 54.4. The Hall–Kier alpha value is -3.08. The van der Waals surface area contributed by atoms with Crippen molar-refractivity contribution in [3.63, 3.8) is 0 Å². The van der Waals surface area contributed by atoms with E-state index in [2.05, 4.69) is 19.2 Å². The van der Waals surface area contributed by atoms with Crippen LogP contribution in [-0.4, -0.2) is 101 Å². The first-order valence-corrected chi connectivity index (χ1v) is 13.8. The summed E-state index contributed by atoms with van der Waals surface area (Å²) in [5.41, 5.74) is 1.05. The lowest BCUT2D eigenvalue weighted by Gasteiger charge is -2.54. The van der Waals surface area contributed by atoms with Crippen LogP contribution in [-0.2, 0) is 19.1 Å². The number of piperazine rings is 1. The summed E-state index contributed by atoms with van der Waals surface area (Å²) in [7, 11) is 1.66. The number of carbonyl (C=O) groups excluding carboxylic acids is 3. The topological polar surface area (TPSA) is 123 Å². The van der Waals surface area contributed by atoms with Gasteiger partial charge in [0.1, 0.15) is 12.2 Å². The van der Waals surface area contributed by atoms with E-state index < -0.39 is 30.6 Å². The van der Waals surface area contributed by atoms with E-state index in [1.54, 1.807) is 17.0 Å². The summed E-state index contributed by atoms with van der Waals surface area (Å²) >= 11 is 0. The van der Waals surface area contributed by atoms with Crippen molar-refractivity contribution in [1.82, 2.24) is 25.1 Å². The number of urea groups is 1. The lowest BCUT2D eigenvalue weighted by molar-refractivity contribution is -0.188. The molecule has 3 rings (SSSR count). The smallest absolute Gasteiger partial charge is 0.334 e. The molecular weight excluding hydrogens is 490 g/mol. The molecule has 0 aromatic rings. The van der Waals surface area contributed by atoms with E-state index in [0.29, 0.717) is 19.7 Å². The van der Waals surface area contributed by atoms with E-state index in [4.69, 9.17) is 4.74 Å². The molecule has 11 heteroatoms. The van der Waals surface area contributed by atoms with Crippen LogP contribution in [0.15, 0.2) is 23.5 Å². The normalized spacial score (nSPS) is 24.1. The molecule has 2 fully saturated rings. The van der Waals surface area contributed by atoms with Crippen molar-refractivity contribution >= 4 is 23.8 Å². The van der Waals surface area contributed by atoms with Crippen LogP contribution in [0.4, 0.5) is 4.79 Å². The Morgan fingerprint density at radius 2 is 1.87 bits per heavy atom. The molecule has 2 saturated heterocycles. The number of fused-ring (bicyclic) bond motifs is 1. The molecule has 1 aliphatic carbocycles. The number of ether oxygens (including phenoxy) is 1. The Labute approximate surface area is 225 Å². The molecule has 1 unspecified atom stereocenters. The van der Waals surface area contributed by atoms with Crippen LogP contribution in [0.5, 0.6) is 0 Å². The Bertz CT molecular complexity index is 950. The minimum Gasteiger partial charge on any atom is -0.498 e. The molecule has 0 radical (unpaired) electrons. The van der Waals surface area contributed by atoms with Gasteiger partial charge in [0.05, 0.1) is 31.9 Å². The highest BCUT2D eigenvalue weighted by Crippen LogP contribution is 2.28. The van der Waals surface area contributed by atoms with Crippen molar-refractivity contribution < 1.29 is 29.0 Å². The third-order valence-corrected chi connectivity index (χ3v) is 7.36. The fourth-order valence-corrected chi connectivity index (χ4v) is 5.46. The number of carboxylic acid groups (broad SMARTS) is 1. The molecule has 0 bridgehead atoms. The minimum absolute atomic E-state index is 0.121. The maximum atomic E-state index is 13.5. The van der Waals surface area contributed by atoms with Gasteiger partial charge in [-0.3, -0.25) is 14.4 Å². The van der Waals surface area contributed by atoms with Gasteiger partial charge in [-0.05, 0) is 25.8 Å². The Kier molecular flexibility index (Phi) is 10.6. The molecule has 2 N–H and O–H groups in total. The number of nitrogens with zero attached hydrogens (tertiary/aromatic N) is 4. The largest absolute Gasteiger partial charge is 0.498 e. The maximum Gasteiger partial charge on any atom is 0.334 e. The van der Waals surface area contributed by atoms with Crippen LogP contribution in [0.1, 0.15) is 65.7 Å². The fraction of sp³-hybridized carbons (Fsp3) is 0.704. The van der Waals surface area contributed by atoms with E-state index >= 15 is 0 Å². The van der Waals surface area contributed by atoms with Crippen LogP contribution >= 0.6 is 0 Å². The highest BCUT2D eigenvalue weighted by Gasteiger charge is 2.51. The number of nitrogens with one attached hydrogen (secondary N) is 1. The first kappa shape index (κ1) is 29.5. The van der Waals surface area contributed by atoms with Crippen LogP contribution in [0.2, 0.25) is 0 Å². The zero-order chi connectivity index (χ0) is 27.8. The van der Waals surface area contributed by atoms with Gasteiger partial charge >= 0.3 is 12.0 Å². The van der Waals surface area contributed by atoms with Crippen molar-refractivity contribution in [2.45, 2.75) is 77.9 Å². The summed E-state index contributed by atoms with van der Waals surface area (Å²) in [6.07, 6.45) is 8.44. The van der Waals surface area contributed by atoms with Crippen molar-refractivity contribution in [3.05, 3.63) is 23.5 Å². The highest BCUT2D eigenvalue weighted by molar-refractivity contribution is 5.93. The van der Waals surface area contributed by atoms with Gasteiger partial charge < -0.3 is 25.0 Å². The number of rotatable bonds is 12. The summed E-state index contributed by atoms with van der Waals surface area (Å²) in [6.45, 7) is 7.60. The molecule has 38 heavy (non-hydrogen) atoms. The van der Waals surface area contributed by atoms with Crippen LogP contribution < -0.4 is 5.32 Å². The molecule has 2 heterocycles. The van der Waals surface area contributed by atoms with Crippen molar-refractivity contribution in [2.24, 2.45) is 5.92 Å². The highest BCUT2D eigenvalue weighted by atomic mass is 16.5. The standard InChI is InChI=1S/C27H43N5O6/c1-5-7-8-9-10-13-30-17-23-31(21(26(30)36)15-25(34)35)24(33)18-29(4)32(23)27(37)28-16-20-11-12-22(38-6-2)19(3)14-20/h11-12,19,21,23H,5-10,13-18H2,1-4H3,(H,28,37)(H,34,35)/t19?,21-,23-/m0/s1. The predicted molar refractivity (Wildman–Crippen MR) is 141 cm³/mol. The summed E-state index contributed by atoms with van der Waals surface area (Å²) in [5, 5.41) is 15.5. The van der Waals surface area contributed by atoms with E-state index in [1.807, 2.05) is 19.1 Å². The van der Waals surface area contributed by atoms with E-state index in [-0.39, 0.29) is 30.8 Å². The molecule has 0 saturated carbocycles. The lowest BCUT2D eigenvalue weighted by atomic mass is 9.94. The van der Waals surface area contributed by atoms with Crippen LogP contribution in [0.25, 0.3) is 0 Å². The maximum absolute atomic E-state index is 13.5. The van der Waals surface area contributed by atoms with Gasteiger partial charge in [0, 0.05) is 26.1 Å². The SMILES string of the molecule is CCCCCCCN1C[C@H]2N(C(=O)CN(C)N2C(=O)NCC2=CC=C(OCC)C(C)C2)[C@@H](CC(=O)O)C1=O. The minimum atomic E-state index is -1.16. The number of hydrogen-bond acceptors (Lipinski definition) is 6. The average Bonchev–Trinajstić information content (AvgIpc) is 2.86. The zero-order valence-electron chi connectivity index (χ0n) is 23.1. The van der Waals surface area contributed by atoms with Crippen molar-refractivity contribution in [2.75, 3.05) is 39.8 Å². The Morgan fingerprint density at radius 3 is 2.53 bits per heavy atom. The van der Waals surface area contributed by atoms with Crippen molar-refractivity contribution in [3.8, 4) is 0 Å². The molecular formula is C27H43N5O6. The second kappa shape index (κ2) is 13.6. The number of likely N-dealkylation sites (N-methyl/N-ethyl adjacent to an activating group) is 1.